The van der Waals surface area contributed by atoms with Crippen LogP contribution in [0.3, 0.4) is 0 Å². The normalized spacial score (nSPS) is 28.0. The summed E-state index contributed by atoms with van der Waals surface area (Å²) in [7, 11) is 10.2. The van der Waals surface area contributed by atoms with Crippen molar-refractivity contribution >= 4 is 11.6 Å². The molecule has 0 unspecified atom stereocenters. The smallest absolute Gasteiger partial charge is 0.240 e. The third kappa shape index (κ3) is 9.24. The minimum Gasteiger partial charge on any atom is -0.496 e. The summed E-state index contributed by atoms with van der Waals surface area (Å²) < 4.78 is 6.17. The molecule has 53 heavy (non-hydrogen) atoms. The summed E-state index contributed by atoms with van der Waals surface area (Å²) >= 11 is 0. The Balaban J connectivity index is 1.43. The Morgan fingerprint density at radius 3 is 2.42 bits per heavy atom. The number of hydroxylamine groups is 2. The van der Waals surface area contributed by atoms with Gasteiger partial charge in [-0.05, 0) is 111 Å². The molecular formula is C44H70N4O5. The van der Waals surface area contributed by atoms with Crippen LogP contribution < -0.4 is 15.0 Å². The van der Waals surface area contributed by atoms with Crippen LogP contribution in [0.25, 0.3) is 11.1 Å². The fraction of sp³-hybridized carbons (Fsp3) is 0.705. The predicted molar refractivity (Wildman–Crippen MR) is 215 cm³/mol. The Kier molecular flexibility index (Phi) is 13.0. The summed E-state index contributed by atoms with van der Waals surface area (Å²) in [5.74, 6) is 2.12. The number of amides is 1. The van der Waals surface area contributed by atoms with Gasteiger partial charge in [0, 0.05) is 49.4 Å². The number of rotatable bonds is 15. The molecule has 3 N–H and O–H groups in total. The van der Waals surface area contributed by atoms with E-state index in [0.29, 0.717) is 29.1 Å². The van der Waals surface area contributed by atoms with Crippen LogP contribution in [0, 0.1) is 40.4 Å². The van der Waals surface area contributed by atoms with Crippen LogP contribution in [0.2, 0.25) is 0 Å². The molecule has 1 saturated heterocycles. The molecule has 1 aliphatic heterocycles. The van der Waals surface area contributed by atoms with Gasteiger partial charge in [-0.3, -0.25) is 9.63 Å². The lowest BCUT2D eigenvalue weighted by Gasteiger charge is -2.62. The van der Waals surface area contributed by atoms with Crippen molar-refractivity contribution in [1.82, 2.24) is 15.3 Å². The number of hydrogen-bond donors (Lipinski definition) is 3. The summed E-state index contributed by atoms with van der Waals surface area (Å²) in [5.41, 5.74) is 5.91. The number of ether oxygens (including phenoxy) is 1. The van der Waals surface area contributed by atoms with Gasteiger partial charge in [-0.15, -0.1) is 0 Å². The molecule has 9 nitrogen and oxygen atoms in total. The fourth-order valence-electron chi connectivity index (χ4n) is 10.1. The third-order valence-electron chi connectivity index (χ3n) is 12.9. The number of aliphatic hydroxyl groups excluding tert-OH is 2. The van der Waals surface area contributed by atoms with Crippen LogP contribution in [0.4, 0.5) is 5.69 Å². The number of aryl methyl sites for hydroxylation is 1. The average molecular weight is 735 g/mol. The molecule has 1 amide bonds. The van der Waals surface area contributed by atoms with E-state index in [2.05, 4.69) is 109 Å². The highest BCUT2D eigenvalue weighted by Gasteiger charge is 2.57. The van der Waals surface area contributed by atoms with Gasteiger partial charge in [0.1, 0.15) is 17.9 Å². The first kappa shape index (κ1) is 41.5. The van der Waals surface area contributed by atoms with E-state index in [1.165, 1.54) is 18.4 Å². The number of nitrogens with zero attached hydrogens (tertiary/aromatic N) is 3. The molecular weight excluding hydrogens is 665 g/mol. The second-order valence-electron chi connectivity index (χ2n) is 18.9. The van der Waals surface area contributed by atoms with Crippen LogP contribution in [0.5, 0.6) is 5.75 Å². The summed E-state index contributed by atoms with van der Waals surface area (Å²) in [6, 6.07) is 12.2. The number of benzene rings is 2. The van der Waals surface area contributed by atoms with Crippen LogP contribution in [0.15, 0.2) is 36.4 Å². The molecule has 4 aliphatic rings. The molecule has 9 atom stereocenters. The number of hydrogen-bond acceptors (Lipinski definition) is 8. The number of carbonyl (C=O) groups is 1. The standard InChI is InChI=1S/C44H70N4O5/c1-27-36-21-33(44(36,6)7)22-37(27)45-42(51)40-39(28(2)50)38(26-49)53-48(40)25-31-14-13-15-35(41(31)52-12)32-18-29(19-34(20-32)47(10)11)16-17-30(24-46(8)9)23-43(3,4)5/h13-15,18-20,27-28,30,33,36-40,49-50H,16-17,21-26H2,1-12H3,(H,45,51)/t27-,28-,30-,33-,36-,37-,38-,39-,40-/m0/s1. The molecule has 6 rings (SSSR count). The number of aliphatic hydroxyl groups is 2. The highest BCUT2D eigenvalue weighted by Crippen LogP contribution is 2.61. The Bertz CT molecular complexity index is 1550. The van der Waals surface area contributed by atoms with Crippen LogP contribution in [-0.2, 0) is 22.6 Å². The molecule has 2 bridgehead atoms. The van der Waals surface area contributed by atoms with Gasteiger partial charge in [0.25, 0.3) is 0 Å². The highest BCUT2D eigenvalue weighted by molar-refractivity contribution is 5.83. The number of anilines is 1. The van der Waals surface area contributed by atoms with E-state index in [0.717, 1.165) is 53.9 Å². The van der Waals surface area contributed by atoms with Crippen molar-refractivity contribution in [3.63, 3.8) is 0 Å². The van der Waals surface area contributed by atoms with Gasteiger partial charge in [0.05, 0.1) is 26.4 Å². The highest BCUT2D eigenvalue weighted by atomic mass is 16.7. The Labute approximate surface area is 320 Å². The van der Waals surface area contributed by atoms with Gasteiger partial charge in [-0.2, -0.15) is 5.06 Å². The Morgan fingerprint density at radius 1 is 1.13 bits per heavy atom. The lowest BCUT2D eigenvalue weighted by molar-refractivity contribution is -0.183. The fourth-order valence-corrected chi connectivity index (χ4v) is 10.1. The lowest BCUT2D eigenvalue weighted by Crippen LogP contribution is -2.62. The second-order valence-corrected chi connectivity index (χ2v) is 18.9. The maximum Gasteiger partial charge on any atom is 0.240 e. The van der Waals surface area contributed by atoms with E-state index in [-0.39, 0.29) is 30.5 Å². The molecule has 4 fully saturated rings. The molecule has 3 aliphatic carbocycles. The topological polar surface area (TPSA) is 97.7 Å². The first-order valence-electron chi connectivity index (χ1n) is 20.0. The number of nitrogens with one attached hydrogen (secondary N) is 1. The van der Waals surface area contributed by atoms with E-state index in [1.807, 2.05) is 12.1 Å². The van der Waals surface area contributed by atoms with E-state index < -0.39 is 24.2 Å². The molecule has 296 valence electrons. The number of carbonyl (C=O) groups excluding carboxylic acids is 1. The van der Waals surface area contributed by atoms with Crippen molar-refractivity contribution in [3.8, 4) is 16.9 Å². The van der Waals surface area contributed by atoms with Crippen molar-refractivity contribution in [3.05, 3.63) is 47.5 Å². The van der Waals surface area contributed by atoms with E-state index in [1.54, 1.807) is 19.1 Å². The first-order chi connectivity index (χ1) is 24.8. The van der Waals surface area contributed by atoms with Gasteiger partial charge in [0.2, 0.25) is 5.91 Å². The number of methoxy groups -OCH3 is 1. The minimum atomic E-state index is -0.856. The number of fused-ring (bicyclic) bond motifs is 2. The maximum atomic E-state index is 14.3. The monoisotopic (exact) mass is 735 g/mol. The second kappa shape index (κ2) is 16.6. The van der Waals surface area contributed by atoms with E-state index in [9.17, 15) is 15.0 Å². The summed E-state index contributed by atoms with van der Waals surface area (Å²) in [6.45, 7) is 16.7. The zero-order valence-electron chi connectivity index (χ0n) is 34.8. The van der Waals surface area contributed by atoms with Gasteiger partial charge in [0.15, 0.2) is 0 Å². The average Bonchev–Trinajstić information content (AvgIpc) is 3.45. The molecule has 1 heterocycles. The Morgan fingerprint density at radius 2 is 1.85 bits per heavy atom. The maximum absolute atomic E-state index is 14.3. The molecule has 2 aromatic carbocycles. The number of para-hydroxylation sites is 1. The van der Waals surface area contributed by atoms with Crippen molar-refractivity contribution in [2.45, 2.75) is 111 Å². The van der Waals surface area contributed by atoms with Crippen LogP contribution >= 0.6 is 0 Å². The van der Waals surface area contributed by atoms with Gasteiger partial charge >= 0.3 is 0 Å². The molecule has 2 aromatic rings. The molecule has 0 spiro atoms. The predicted octanol–water partition coefficient (Wildman–Crippen LogP) is 6.64. The zero-order valence-corrected chi connectivity index (χ0v) is 34.8. The van der Waals surface area contributed by atoms with E-state index in [4.69, 9.17) is 9.57 Å². The quantitative estimate of drug-likeness (QED) is 0.188. The molecule has 0 radical (unpaired) electrons. The summed E-state index contributed by atoms with van der Waals surface area (Å²) in [4.78, 5) is 25.1. The van der Waals surface area contributed by atoms with E-state index >= 15 is 0 Å². The SMILES string of the molecule is COc1c(CN2O[C@@H](CO)[C@H]([C@H](C)O)[C@H]2C(=O)N[C@H]2C[C@@H]3C[C@@H]([C@@H]2C)C3(C)C)cccc1-c1cc(CC[C@H](CN(C)C)CC(C)(C)C)cc(N(C)C)c1. The minimum absolute atomic E-state index is 0.0756. The van der Waals surface area contributed by atoms with Crippen molar-refractivity contribution < 1.29 is 24.6 Å². The summed E-state index contributed by atoms with van der Waals surface area (Å²) in [6.07, 6.45) is 3.88. The molecule has 3 saturated carbocycles. The van der Waals surface area contributed by atoms with Crippen molar-refractivity contribution in [1.29, 1.82) is 0 Å². The summed E-state index contributed by atoms with van der Waals surface area (Å²) in [5, 5.41) is 26.4. The Hall–Kier alpha value is -2.69. The van der Waals surface area contributed by atoms with Crippen LogP contribution in [0.1, 0.15) is 85.3 Å². The van der Waals surface area contributed by atoms with Gasteiger partial charge < -0.3 is 30.1 Å². The van der Waals surface area contributed by atoms with Crippen molar-refractivity contribution in [2.24, 2.45) is 40.4 Å². The molecule has 9 heteroatoms. The first-order valence-corrected chi connectivity index (χ1v) is 20.0. The largest absolute Gasteiger partial charge is 0.496 e. The zero-order chi connectivity index (χ0) is 39.0. The van der Waals surface area contributed by atoms with Crippen molar-refractivity contribution in [2.75, 3.05) is 53.4 Å². The van der Waals surface area contributed by atoms with Crippen LogP contribution in [-0.4, -0.2) is 98.8 Å². The lowest BCUT2D eigenvalue weighted by atomic mass is 9.45. The van der Waals surface area contributed by atoms with Gasteiger partial charge in [-0.25, -0.2) is 0 Å². The third-order valence-corrected chi connectivity index (χ3v) is 12.9. The molecule has 0 aromatic heterocycles. The van der Waals surface area contributed by atoms with Gasteiger partial charge in [-0.1, -0.05) is 65.8 Å².